The molecule has 2 aromatic carbocycles. The fraction of sp³-hybridized carbons (Fsp3) is 0.235. The summed E-state index contributed by atoms with van der Waals surface area (Å²) in [4.78, 5) is 12.0. The second-order valence-electron chi connectivity index (χ2n) is 4.94. The maximum Gasteiger partial charge on any atom is 0.573 e. The predicted molar refractivity (Wildman–Crippen MR) is 83.1 cm³/mol. The number of benzene rings is 2. The van der Waals surface area contributed by atoms with Gasteiger partial charge in [0.1, 0.15) is 5.75 Å². The predicted octanol–water partition coefficient (Wildman–Crippen LogP) is 4.17. The summed E-state index contributed by atoms with van der Waals surface area (Å²) in [5, 5.41) is 2.44. The number of methoxy groups -OCH3 is 1. The number of amides is 1. The first-order valence-electron chi connectivity index (χ1n) is 7.15. The molecule has 1 amide bonds. The average Bonchev–Trinajstić information content (AvgIpc) is 2.54. The van der Waals surface area contributed by atoms with E-state index < -0.39 is 18.0 Å². The minimum atomic E-state index is -4.82. The van der Waals surface area contributed by atoms with E-state index in [1.165, 1.54) is 18.2 Å². The molecule has 0 heterocycles. The lowest BCUT2D eigenvalue weighted by atomic mass is 10.1. The number of aryl methyl sites for hydroxylation is 1. The van der Waals surface area contributed by atoms with Crippen LogP contribution in [0.3, 0.4) is 0 Å². The van der Waals surface area contributed by atoms with Gasteiger partial charge in [0.2, 0.25) is 5.91 Å². The highest BCUT2D eigenvalue weighted by atomic mass is 19.4. The second-order valence-corrected chi connectivity index (χ2v) is 4.94. The Balaban J connectivity index is 1.94. The van der Waals surface area contributed by atoms with Gasteiger partial charge in [0.05, 0.1) is 12.8 Å². The lowest BCUT2D eigenvalue weighted by molar-refractivity contribution is -0.274. The Morgan fingerprint density at radius 1 is 1.08 bits per heavy atom. The first-order valence-corrected chi connectivity index (χ1v) is 7.15. The van der Waals surface area contributed by atoms with Gasteiger partial charge in [0.25, 0.3) is 0 Å². The van der Waals surface area contributed by atoms with Crippen LogP contribution in [0.5, 0.6) is 11.5 Å². The number of ether oxygens (including phenoxy) is 2. The molecule has 0 radical (unpaired) electrons. The van der Waals surface area contributed by atoms with E-state index in [-0.39, 0.29) is 12.1 Å². The van der Waals surface area contributed by atoms with Crippen molar-refractivity contribution in [3.05, 3.63) is 54.1 Å². The second kappa shape index (κ2) is 7.72. The summed E-state index contributed by atoms with van der Waals surface area (Å²) in [5.74, 6) is -0.131. The van der Waals surface area contributed by atoms with Crippen LogP contribution >= 0.6 is 0 Å². The minimum absolute atomic E-state index is 0.0189. The van der Waals surface area contributed by atoms with E-state index >= 15 is 0 Å². The van der Waals surface area contributed by atoms with E-state index in [9.17, 15) is 18.0 Å². The van der Waals surface area contributed by atoms with Crippen molar-refractivity contribution >= 4 is 11.6 Å². The number of carbonyl (C=O) groups is 1. The molecule has 2 rings (SSSR count). The summed E-state index contributed by atoms with van der Waals surface area (Å²) in [6, 6.07) is 12.6. The number of para-hydroxylation sites is 2. The van der Waals surface area contributed by atoms with Crippen LogP contribution in [0.2, 0.25) is 0 Å². The zero-order valence-corrected chi connectivity index (χ0v) is 12.9. The third-order valence-corrected chi connectivity index (χ3v) is 3.19. The van der Waals surface area contributed by atoms with Crippen LogP contribution in [0, 0.1) is 0 Å². The first kappa shape index (κ1) is 17.7. The summed E-state index contributed by atoms with van der Waals surface area (Å²) >= 11 is 0. The normalized spacial score (nSPS) is 11.0. The van der Waals surface area contributed by atoms with Gasteiger partial charge in [-0.05, 0) is 36.2 Å². The highest BCUT2D eigenvalue weighted by Crippen LogP contribution is 2.30. The van der Waals surface area contributed by atoms with Gasteiger partial charge in [-0.1, -0.05) is 24.3 Å². The van der Waals surface area contributed by atoms with Gasteiger partial charge in [-0.2, -0.15) is 0 Å². The number of rotatable bonds is 6. The molecule has 0 aliphatic carbocycles. The van der Waals surface area contributed by atoms with Crippen LogP contribution in [-0.2, 0) is 11.2 Å². The summed E-state index contributed by atoms with van der Waals surface area (Å²) in [6.45, 7) is 0. The first-order chi connectivity index (χ1) is 11.4. The smallest absolute Gasteiger partial charge is 0.497 e. The average molecular weight is 339 g/mol. The molecule has 2 aromatic rings. The number of carbonyl (C=O) groups excluding carboxylic acids is 1. The van der Waals surface area contributed by atoms with Gasteiger partial charge in [0, 0.05) is 6.42 Å². The van der Waals surface area contributed by atoms with Crippen molar-refractivity contribution in [3.63, 3.8) is 0 Å². The van der Waals surface area contributed by atoms with Crippen molar-refractivity contribution in [3.8, 4) is 11.5 Å². The van der Waals surface area contributed by atoms with E-state index in [4.69, 9.17) is 4.74 Å². The standard InChI is InChI=1S/C17H16F3NO3/c1-23-13-9-6-12(7-10-13)8-11-16(22)21-14-4-2-3-5-15(14)24-17(18,19)20/h2-7,9-10H,8,11H2,1H3,(H,21,22). The molecule has 24 heavy (non-hydrogen) atoms. The molecular weight excluding hydrogens is 323 g/mol. The van der Waals surface area contributed by atoms with Gasteiger partial charge < -0.3 is 14.8 Å². The molecule has 0 aliphatic rings. The maximum atomic E-state index is 12.3. The highest BCUT2D eigenvalue weighted by molar-refractivity contribution is 5.92. The Morgan fingerprint density at radius 3 is 2.38 bits per heavy atom. The van der Waals surface area contributed by atoms with E-state index in [1.54, 1.807) is 19.2 Å². The Kier molecular flexibility index (Phi) is 5.68. The number of nitrogens with one attached hydrogen (secondary N) is 1. The van der Waals surface area contributed by atoms with Gasteiger partial charge >= 0.3 is 6.36 Å². The van der Waals surface area contributed by atoms with Crippen LogP contribution in [-0.4, -0.2) is 19.4 Å². The van der Waals surface area contributed by atoms with E-state index in [2.05, 4.69) is 10.1 Å². The number of halogens is 3. The van der Waals surface area contributed by atoms with Crippen molar-refractivity contribution in [1.29, 1.82) is 0 Å². The fourth-order valence-corrected chi connectivity index (χ4v) is 2.05. The van der Waals surface area contributed by atoms with Crippen molar-refractivity contribution in [2.24, 2.45) is 0 Å². The highest BCUT2D eigenvalue weighted by Gasteiger charge is 2.32. The molecule has 128 valence electrons. The molecule has 4 nitrogen and oxygen atoms in total. The van der Waals surface area contributed by atoms with Crippen LogP contribution in [0.4, 0.5) is 18.9 Å². The van der Waals surface area contributed by atoms with Crippen LogP contribution in [0.25, 0.3) is 0 Å². The lowest BCUT2D eigenvalue weighted by Crippen LogP contribution is -2.19. The number of anilines is 1. The molecule has 0 fully saturated rings. The number of hydrogen-bond donors (Lipinski definition) is 1. The van der Waals surface area contributed by atoms with E-state index in [1.807, 2.05) is 12.1 Å². The molecule has 7 heteroatoms. The molecule has 0 bridgehead atoms. The number of alkyl halides is 3. The van der Waals surface area contributed by atoms with Gasteiger partial charge in [-0.3, -0.25) is 4.79 Å². The van der Waals surface area contributed by atoms with Crippen LogP contribution < -0.4 is 14.8 Å². The van der Waals surface area contributed by atoms with Crippen molar-refractivity contribution < 1.29 is 27.4 Å². The number of hydrogen-bond acceptors (Lipinski definition) is 3. The summed E-state index contributed by atoms with van der Waals surface area (Å²) in [7, 11) is 1.56. The minimum Gasteiger partial charge on any atom is -0.497 e. The Hall–Kier alpha value is -2.70. The Morgan fingerprint density at radius 2 is 1.75 bits per heavy atom. The molecular formula is C17H16F3NO3. The zero-order chi connectivity index (χ0) is 17.6. The zero-order valence-electron chi connectivity index (χ0n) is 12.9. The summed E-state index contributed by atoms with van der Waals surface area (Å²) < 4.78 is 46.0. The van der Waals surface area contributed by atoms with Crippen LogP contribution in [0.1, 0.15) is 12.0 Å². The van der Waals surface area contributed by atoms with Crippen LogP contribution in [0.15, 0.2) is 48.5 Å². The van der Waals surface area contributed by atoms with Crippen molar-refractivity contribution in [2.45, 2.75) is 19.2 Å². The van der Waals surface area contributed by atoms with E-state index in [0.717, 1.165) is 11.6 Å². The lowest BCUT2D eigenvalue weighted by Gasteiger charge is -2.13. The third kappa shape index (κ3) is 5.49. The molecule has 0 unspecified atom stereocenters. The van der Waals surface area contributed by atoms with Gasteiger partial charge in [-0.25, -0.2) is 0 Å². The Bertz CT molecular complexity index is 684. The quantitative estimate of drug-likeness (QED) is 0.859. The molecule has 0 spiro atoms. The largest absolute Gasteiger partial charge is 0.573 e. The molecule has 1 N–H and O–H groups in total. The fourth-order valence-electron chi connectivity index (χ4n) is 2.05. The van der Waals surface area contributed by atoms with Gasteiger partial charge in [0.15, 0.2) is 5.75 Å². The van der Waals surface area contributed by atoms with E-state index in [0.29, 0.717) is 12.2 Å². The van der Waals surface area contributed by atoms with Crippen molar-refractivity contribution in [1.82, 2.24) is 0 Å². The van der Waals surface area contributed by atoms with Gasteiger partial charge in [-0.15, -0.1) is 13.2 Å². The maximum absolute atomic E-state index is 12.3. The molecule has 0 aliphatic heterocycles. The molecule has 0 saturated heterocycles. The summed E-state index contributed by atoms with van der Waals surface area (Å²) in [5.41, 5.74) is 0.903. The molecule has 0 saturated carbocycles. The monoisotopic (exact) mass is 339 g/mol. The topological polar surface area (TPSA) is 47.6 Å². The molecule has 0 aromatic heterocycles. The molecule has 0 atom stereocenters. The van der Waals surface area contributed by atoms with Crippen molar-refractivity contribution in [2.75, 3.05) is 12.4 Å². The summed E-state index contributed by atoms with van der Waals surface area (Å²) in [6.07, 6.45) is -4.23. The third-order valence-electron chi connectivity index (χ3n) is 3.19. The Labute approximate surface area is 137 Å². The SMILES string of the molecule is COc1ccc(CCC(=O)Nc2ccccc2OC(F)(F)F)cc1.